The Morgan fingerprint density at radius 1 is 1.00 bits per heavy atom. The Morgan fingerprint density at radius 3 is 1.92 bits per heavy atom. The number of carboxylic acids is 2. The average Bonchev–Trinajstić information content (AvgIpc) is 2.42. The molecule has 0 unspecified atom stereocenters. The molecule has 11 nitrogen and oxygen atoms in total. The van der Waals surface area contributed by atoms with Crippen LogP contribution >= 0.6 is 0 Å². The largest absolute Gasteiger partial charge is 0.480 e. The standard InChI is InChI=1S/C15H24N2O9/c1-7(16-14(24)26-15(3,4)5)11(19)17-9(12(20)21)6-10(13(22)23)25-8(2)18/h7,9-10H,6H2,1-5H3,(H,16,24)(H,17,19)(H,20,21)(H,22,23)/t7-,9-,10+/m0/s1. The van der Waals surface area contributed by atoms with Crippen molar-refractivity contribution >= 4 is 29.9 Å². The summed E-state index contributed by atoms with van der Waals surface area (Å²) in [6, 6.07) is -2.80. The zero-order chi connectivity index (χ0) is 20.7. The van der Waals surface area contributed by atoms with E-state index in [-0.39, 0.29) is 0 Å². The summed E-state index contributed by atoms with van der Waals surface area (Å²) in [6.45, 7) is 7.13. The van der Waals surface area contributed by atoms with Crippen LogP contribution in [-0.4, -0.2) is 63.9 Å². The number of nitrogens with one attached hydrogen (secondary N) is 2. The minimum absolute atomic E-state index is 0.685. The fourth-order valence-electron chi connectivity index (χ4n) is 1.68. The molecule has 0 aromatic carbocycles. The monoisotopic (exact) mass is 376 g/mol. The first kappa shape index (κ1) is 23.1. The normalized spacial score (nSPS) is 14.3. The van der Waals surface area contributed by atoms with E-state index in [4.69, 9.17) is 14.9 Å². The molecule has 0 saturated heterocycles. The quantitative estimate of drug-likeness (QED) is 0.422. The molecule has 0 heterocycles. The van der Waals surface area contributed by atoms with Crippen LogP contribution in [0, 0.1) is 0 Å². The van der Waals surface area contributed by atoms with Crippen LogP contribution in [0.2, 0.25) is 0 Å². The molecule has 0 saturated carbocycles. The Morgan fingerprint density at radius 2 is 1.54 bits per heavy atom. The fourth-order valence-corrected chi connectivity index (χ4v) is 1.68. The SMILES string of the molecule is CC(=O)O[C@H](C[C@H](NC(=O)[C@H](C)NC(=O)OC(C)(C)C)C(=O)O)C(=O)O. The van der Waals surface area contributed by atoms with Gasteiger partial charge in [0, 0.05) is 13.3 Å². The number of ether oxygens (including phenoxy) is 2. The molecule has 0 fully saturated rings. The number of aliphatic carboxylic acids is 2. The van der Waals surface area contributed by atoms with Crippen molar-refractivity contribution in [2.24, 2.45) is 0 Å². The van der Waals surface area contributed by atoms with Crippen molar-refractivity contribution < 1.29 is 43.7 Å². The first-order valence-corrected chi connectivity index (χ1v) is 7.65. The van der Waals surface area contributed by atoms with Gasteiger partial charge in [0.1, 0.15) is 17.7 Å². The van der Waals surface area contributed by atoms with Crippen LogP contribution in [0.1, 0.15) is 41.0 Å². The van der Waals surface area contributed by atoms with Crippen molar-refractivity contribution in [3.63, 3.8) is 0 Å². The van der Waals surface area contributed by atoms with E-state index in [0.29, 0.717) is 0 Å². The van der Waals surface area contributed by atoms with Crippen LogP contribution < -0.4 is 10.6 Å². The van der Waals surface area contributed by atoms with Gasteiger partial charge in [-0.3, -0.25) is 9.59 Å². The molecule has 0 spiro atoms. The molecule has 0 rings (SSSR count). The molecule has 26 heavy (non-hydrogen) atoms. The lowest BCUT2D eigenvalue weighted by Crippen LogP contribution is -2.52. The second-order valence-electron chi connectivity index (χ2n) is 6.44. The van der Waals surface area contributed by atoms with E-state index < -0.39 is 60.1 Å². The van der Waals surface area contributed by atoms with Crippen molar-refractivity contribution in [3.05, 3.63) is 0 Å². The zero-order valence-corrected chi connectivity index (χ0v) is 15.2. The summed E-state index contributed by atoms with van der Waals surface area (Å²) in [5.41, 5.74) is -0.789. The highest BCUT2D eigenvalue weighted by atomic mass is 16.6. The number of carbonyl (C=O) groups is 5. The van der Waals surface area contributed by atoms with Crippen molar-refractivity contribution in [1.82, 2.24) is 10.6 Å². The van der Waals surface area contributed by atoms with Crippen LogP contribution in [0.4, 0.5) is 4.79 Å². The molecule has 0 aromatic rings. The minimum atomic E-state index is -1.75. The fraction of sp³-hybridized carbons (Fsp3) is 0.667. The van der Waals surface area contributed by atoms with E-state index in [2.05, 4.69) is 15.4 Å². The summed E-state index contributed by atoms with van der Waals surface area (Å²) < 4.78 is 9.48. The number of alkyl carbamates (subject to hydrolysis) is 1. The van der Waals surface area contributed by atoms with Gasteiger partial charge in [-0.1, -0.05) is 0 Å². The predicted molar refractivity (Wildman–Crippen MR) is 86.2 cm³/mol. The van der Waals surface area contributed by atoms with Gasteiger partial charge in [0.2, 0.25) is 12.0 Å². The van der Waals surface area contributed by atoms with Gasteiger partial charge in [0.25, 0.3) is 0 Å². The summed E-state index contributed by atoms with van der Waals surface area (Å²) >= 11 is 0. The van der Waals surface area contributed by atoms with E-state index in [1.165, 1.54) is 6.92 Å². The molecular weight excluding hydrogens is 352 g/mol. The lowest BCUT2D eigenvalue weighted by atomic mass is 10.1. The molecule has 0 radical (unpaired) electrons. The molecule has 11 heteroatoms. The smallest absolute Gasteiger partial charge is 0.408 e. The third kappa shape index (κ3) is 9.45. The van der Waals surface area contributed by atoms with E-state index in [1.807, 2.05) is 0 Å². The predicted octanol–water partition coefficient (Wildman–Crippen LogP) is -0.125. The lowest BCUT2D eigenvalue weighted by Gasteiger charge is -2.23. The van der Waals surface area contributed by atoms with E-state index in [1.54, 1.807) is 20.8 Å². The Kier molecular flexibility index (Phi) is 8.54. The number of carbonyl (C=O) groups excluding carboxylic acids is 3. The van der Waals surface area contributed by atoms with Crippen molar-refractivity contribution in [3.8, 4) is 0 Å². The molecule has 0 bridgehead atoms. The van der Waals surface area contributed by atoms with Gasteiger partial charge in [-0.05, 0) is 27.7 Å². The first-order valence-electron chi connectivity index (χ1n) is 7.65. The first-order chi connectivity index (χ1) is 11.7. The van der Waals surface area contributed by atoms with Crippen molar-refractivity contribution in [2.75, 3.05) is 0 Å². The van der Waals surface area contributed by atoms with Gasteiger partial charge >= 0.3 is 24.0 Å². The van der Waals surface area contributed by atoms with Crippen LogP contribution in [0.5, 0.6) is 0 Å². The molecule has 0 aliphatic heterocycles. The Hall–Kier alpha value is -2.85. The number of hydrogen-bond acceptors (Lipinski definition) is 7. The van der Waals surface area contributed by atoms with Crippen molar-refractivity contribution in [2.45, 2.75) is 64.8 Å². The van der Waals surface area contributed by atoms with E-state index in [9.17, 15) is 24.0 Å². The van der Waals surface area contributed by atoms with Gasteiger partial charge in [-0.15, -0.1) is 0 Å². The van der Waals surface area contributed by atoms with Gasteiger partial charge in [0.05, 0.1) is 0 Å². The van der Waals surface area contributed by atoms with Crippen LogP contribution in [0.3, 0.4) is 0 Å². The molecular formula is C15H24N2O9. The summed E-state index contributed by atoms with van der Waals surface area (Å²) in [5.74, 6) is -4.87. The maximum Gasteiger partial charge on any atom is 0.408 e. The molecule has 0 aromatic heterocycles. The number of hydrogen-bond donors (Lipinski definition) is 4. The van der Waals surface area contributed by atoms with Gasteiger partial charge in [0.15, 0.2) is 0 Å². The number of carboxylic acid groups (broad SMARTS) is 2. The van der Waals surface area contributed by atoms with Crippen LogP contribution in [0.25, 0.3) is 0 Å². The lowest BCUT2D eigenvalue weighted by molar-refractivity contribution is -0.164. The highest BCUT2D eigenvalue weighted by molar-refractivity contribution is 5.89. The molecule has 0 aliphatic rings. The topological polar surface area (TPSA) is 168 Å². The third-order valence-corrected chi connectivity index (χ3v) is 2.77. The summed E-state index contributed by atoms with van der Waals surface area (Å²) in [4.78, 5) is 56.8. The minimum Gasteiger partial charge on any atom is -0.480 e. The molecule has 2 amide bonds. The van der Waals surface area contributed by atoms with E-state index in [0.717, 1.165) is 6.92 Å². The molecule has 3 atom stereocenters. The molecule has 148 valence electrons. The Labute approximate surface area is 150 Å². The number of rotatable bonds is 8. The Balaban J connectivity index is 4.90. The van der Waals surface area contributed by atoms with E-state index >= 15 is 0 Å². The van der Waals surface area contributed by atoms with Gasteiger partial charge in [-0.2, -0.15) is 0 Å². The van der Waals surface area contributed by atoms with Crippen molar-refractivity contribution in [1.29, 1.82) is 0 Å². The maximum atomic E-state index is 12.0. The Bertz CT molecular complexity index is 568. The van der Waals surface area contributed by atoms with Gasteiger partial charge < -0.3 is 30.3 Å². The number of esters is 1. The highest BCUT2D eigenvalue weighted by Gasteiger charge is 2.32. The maximum absolute atomic E-state index is 12.0. The summed E-state index contributed by atoms with van der Waals surface area (Å²) in [6.07, 6.45) is -3.31. The summed E-state index contributed by atoms with van der Waals surface area (Å²) in [7, 11) is 0. The second kappa shape index (κ2) is 9.59. The third-order valence-electron chi connectivity index (χ3n) is 2.77. The highest BCUT2D eigenvalue weighted by Crippen LogP contribution is 2.08. The zero-order valence-electron chi connectivity index (χ0n) is 15.2. The van der Waals surface area contributed by atoms with Gasteiger partial charge in [-0.25, -0.2) is 14.4 Å². The molecule has 4 N–H and O–H groups in total. The number of amides is 2. The molecule has 0 aliphatic carbocycles. The average molecular weight is 376 g/mol. The van der Waals surface area contributed by atoms with Crippen LogP contribution in [-0.2, 0) is 28.7 Å². The summed E-state index contributed by atoms with van der Waals surface area (Å²) in [5, 5.41) is 22.4. The second-order valence-corrected chi connectivity index (χ2v) is 6.44. The van der Waals surface area contributed by atoms with Crippen LogP contribution in [0.15, 0.2) is 0 Å².